The maximum absolute atomic E-state index is 12.6. The van der Waals surface area contributed by atoms with Crippen LogP contribution in [-0.2, 0) is 0 Å². The van der Waals surface area contributed by atoms with Gasteiger partial charge in [0.25, 0.3) is 5.91 Å². The van der Waals surface area contributed by atoms with Crippen molar-refractivity contribution >= 4 is 28.3 Å². The molecule has 1 aromatic carbocycles. The van der Waals surface area contributed by atoms with Gasteiger partial charge in [-0.25, -0.2) is 9.78 Å². The number of thiazole rings is 1. The lowest BCUT2D eigenvalue weighted by molar-refractivity contribution is 0.0927. The monoisotopic (exact) mass is 370 g/mol. The average molecular weight is 370 g/mol. The molecule has 0 spiro atoms. The number of nitrogens with two attached hydrogens (primary N) is 1. The molecule has 1 aromatic heterocycles. The van der Waals surface area contributed by atoms with E-state index in [4.69, 9.17) is 11.0 Å². The highest BCUT2D eigenvalue weighted by Gasteiger charge is 2.23. The first-order chi connectivity index (χ1) is 12.6. The minimum Gasteiger partial charge on any atom is -0.351 e. The van der Waals surface area contributed by atoms with E-state index in [9.17, 15) is 9.59 Å². The Balaban J connectivity index is 1.89. The van der Waals surface area contributed by atoms with Gasteiger partial charge in [-0.3, -0.25) is 10.1 Å². The third-order valence-electron chi connectivity index (χ3n) is 3.95. The van der Waals surface area contributed by atoms with Gasteiger partial charge in [-0.1, -0.05) is 23.5 Å². The molecule has 0 unspecified atom stereocenters. The van der Waals surface area contributed by atoms with Gasteiger partial charge in [0, 0.05) is 18.2 Å². The number of hydrogen-bond donors (Lipinski definition) is 4. The molecule has 2 heterocycles. The molecule has 1 aliphatic rings. The number of primary amides is 1. The topological polar surface area (TPSA) is 133 Å². The number of aromatic nitrogens is 1. The normalized spacial score (nSPS) is 16.5. The van der Waals surface area contributed by atoms with Crippen LogP contribution in [0.3, 0.4) is 0 Å². The van der Waals surface area contributed by atoms with E-state index in [0.29, 0.717) is 22.7 Å². The maximum Gasteiger partial charge on any atom is 0.317 e. The van der Waals surface area contributed by atoms with Crippen molar-refractivity contribution in [3.8, 4) is 16.6 Å². The molecule has 0 saturated carbocycles. The molecule has 1 aliphatic heterocycles. The zero-order valence-corrected chi connectivity index (χ0v) is 14.7. The highest BCUT2D eigenvalue weighted by atomic mass is 32.1. The van der Waals surface area contributed by atoms with Gasteiger partial charge in [0.2, 0.25) is 0 Å². The minimum absolute atomic E-state index is 0.0183. The second kappa shape index (κ2) is 7.95. The van der Waals surface area contributed by atoms with Crippen molar-refractivity contribution in [1.29, 1.82) is 5.26 Å². The predicted molar refractivity (Wildman–Crippen MR) is 98.8 cm³/mol. The van der Waals surface area contributed by atoms with Crippen molar-refractivity contribution in [2.75, 3.05) is 18.4 Å². The van der Waals surface area contributed by atoms with Gasteiger partial charge in [-0.2, -0.15) is 5.26 Å². The summed E-state index contributed by atoms with van der Waals surface area (Å²) in [6.45, 7) is 1.64. The Bertz CT molecular complexity index is 866. The summed E-state index contributed by atoms with van der Waals surface area (Å²) in [4.78, 5) is 28.3. The third-order valence-corrected chi connectivity index (χ3v) is 4.97. The van der Waals surface area contributed by atoms with Gasteiger partial charge in [-0.05, 0) is 31.5 Å². The fourth-order valence-corrected chi connectivity index (χ4v) is 3.71. The zero-order chi connectivity index (χ0) is 18.5. The number of nitriles is 1. The third kappa shape index (κ3) is 4.17. The molecule has 1 atom stereocenters. The lowest BCUT2D eigenvalue weighted by Gasteiger charge is -2.23. The van der Waals surface area contributed by atoms with Crippen LogP contribution < -0.4 is 21.7 Å². The molecule has 0 radical (unpaired) electrons. The fourth-order valence-electron chi connectivity index (χ4n) is 2.74. The molecular weight excluding hydrogens is 352 g/mol. The maximum atomic E-state index is 12.6. The second-order valence-electron chi connectivity index (χ2n) is 5.90. The second-order valence-corrected chi connectivity index (χ2v) is 6.89. The Hall–Kier alpha value is -2.96. The van der Waals surface area contributed by atoms with Crippen molar-refractivity contribution in [3.05, 3.63) is 35.5 Å². The van der Waals surface area contributed by atoms with E-state index in [2.05, 4.69) is 27.0 Å². The van der Waals surface area contributed by atoms with Crippen LogP contribution >= 0.6 is 11.3 Å². The number of anilines is 1. The molecule has 8 nitrogen and oxygen atoms in total. The zero-order valence-electron chi connectivity index (χ0n) is 13.9. The quantitative estimate of drug-likeness (QED) is 0.649. The summed E-state index contributed by atoms with van der Waals surface area (Å²) >= 11 is 1.14. The molecule has 9 heteroatoms. The van der Waals surface area contributed by atoms with Crippen LogP contribution in [0.15, 0.2) is 24.3 Å². The number of benzene rings is 1. The van der Waals surface area contributed by atoms with Gasteiger partial charge in [-0.15, -0.1) is 0 Å². The highest BCUT2D eigenvalue weighted by Crippen LogP contribution is 2.32. The molecule has 3 amide bonds. The molecule has 0 bridgehead atoms. The summed E-state index contributed by atoms with van der Waals surface area (Å²) in [5.41, 5.74) is 6.52. The summed E-state index contributed by atoms with van der Waals surface area (Å²) in [5.74, 6) is -0.360. The smallest absolute Gasteiger partial charge is 0.317 e. The Morgan fingerprint density at radius 1 is 1.42 bits per heavy atom. The Labute approximate surface area is 154 Å². The van der Waals surface area contributed by atoms with Crippen LogP contribution in [0, 0.1) is 11.3 Å². The number of urea groups is 1. The van der Waals surface area contributed by atoms with Crippen LogP contribution in [-0.4, -0.2) is 36.1 Å². The first-order valence-electron chi connectivity index (χ1n) is 8.16. The van der Waals surface area contributed by atoms with E-state index in [1.807, 2.05) is 0 Å². The van der Waals surface area contributed by atoms with Crippen LogP contribution in [0.1, 0.15) is 28.9 Å². The van der Waals surface area contributed by atoms with Crippen molar-refractivity contribution in [2.45, 2.75) is 18.9 Å². The number of carbonyl (C=O) groups excluding carboxylic acids is 2. The fraction of sp³-hybridized carbons (Fsp3) is 0.294. The van der Waals surface area contributed by atoms with Crippen molar-refractivity contribution in [3.63, 3.8) is 0 Å². The van der Waals surface area contributed by atoms with Gasteiger partial charge in [0.05, 0.1) is 11.6 Å². The Kier molecular flexibility index (Phi) is 5.46. The molecule has 26 heavy (non-hydrogen) atoms. The number of nitrogens with one attached hydrogen (secondary N) is 3. The van der Waals surface area contributed by atoms with Crippen LogP contribution in [0.2, 0.25) is 0 Å². The number of hydrogen-bond acceptors (Lipinski definition) is 6. The first-order valence-corrected chi connectivity index (χ1v) is 8.98. The number of carbonyl (C=O) groups is 2. The van der Waals surface area contributed by atoms with Gasteiger partial charge in [0.15, 0.2) is 5.69 Å². The largest absolute Gasteiger partial charge is 0.351 e. The number of nitrogens with zero attached hydrogens (tertiary/aromatic N) is 2. The van der Waals surface area contributed by atoms with Crippen LogP contribution in [0.25, 0.3) is 10.6 Å². The molecule has 5 N–H and O–H groups in total. The van der Waals surface area contributed by atoms with Gasteiger partial charge in [0.1, 0.15) is 10.0 Å². The SMILES string of the molecule is N#Cc1cccc(-c2nc(C(=O)N[C@H]3CCCNC3)c(NC(N)=O)s2)c1. The van der Waals surface area contributed by atoms with Crippen molar-refractivity contribution < 1.29 is 9.59 Å². The molecule has 1 saturated heterocycles. The van der Waals surface area contributed by atoms with E-state index < -0.39 is 6.03 Å². The molecular formula is C17H18N6O2S. The molecule has 134 valence electrons. The Morgan fingerprint density at radius 3 is 2.96 bits per heavy atom. The summed E-state index contributed by atoms with van der Waals surface area (Å²) in [5, 5.41) is 18.5. The molecule has 1 fully saturated rings. The van der Waals surface area contributed by atoms with Crippen LogP contribution in [0.4, 0.5) is 9.80 Å². The van der Waals surface area contributed by atoms with E-state index in [0.717, 1.165) is 30.7 Å². The van der Waals surface area contributed by atoms with Crippen molar-refractivity contribution in [2.24, 2.45) is 5.73 Å². The number of amides is 3. The molecule has 3 rings (SSSR count). The summed E-state index contributed by atoms with van der Waals surface area (Å²) in [6.07, 6.45) is 1.87. The lowest BCUT2D eigenvalue weighted by atomic mass is 10.1. The molecule has 0 aliphatic carbocycles. The van der Waals surface area contributed by atoms with Gasteiger partial charge >= 0.3 is 6.03 Å². The van der Waals surface area contributed by atoms with E-state index in [1.165, 1.54) is 0 Å². The van der Waals surface area contributed by atoms with E-state index >= 15 is 0 Å². The number of piperidine rings is 1. The highest BCUT2D eigenvalue weighted by molar-refractivity contribution is 7.19. The predicted octanol–water partition coefficient (Wildman–Crippen LogP) is 1.65. The van der Waals surface area contributed by atoms with E-state index in [1.54, 1.807) is 24.3 Å². The summed E-state index contributed by atoms with van der Waals surface area (Å²) < 4.78 is 0. The van der Waals surface area contributed by atoms with Crippen molar-refractivity contribution in [1.82, 2.24) is 15.6 Å². The number of rotatable bonds is 4. The van der Waals surface area contributed by atoms with Crippen LogP contribution in [0.5, 0.6) is 0 Å². The first kappa shape index (κ1) is 17.8. The summed E-state index contributed by atoms with van der Waals surface area (Å²) in [7, 11) is 0. The van der Waals surface area contributed by atoms with Gasteiger partial charge < -0.3 is 16.4 Å². The Morgan fingerprint density at radius 2 is 2.27 bits per heavy atom. The minimum atomic E-state index is -0.764. The van der Waals surface area contributed by atoms with E-state index in [-0.39, 0.29) is 22.6 Å². The average Bonchev–Trinajstić information content (AvgIpc) is 3.06. The standard InChI is InChI=1S/C17H18N6O2S/c18-8-10-3-1-4-11(7-10)15-22-13(16(26-15)23-17(19)25)14(24)21-12-5-2-6-20-9-12/h1,3-4,7,12,20H,2,5-6,9H2,(H,21,24)(H3,19,23,25)/t12-/m0/s1. The molecule has 2 aromatic rings. The lowest BCUT2D eigenvalue weighted by Crippen LogP contribution is -2.45. The summed E-state index contributed by atoms with van der Waals surface area (Å²) in [6, 6.07) is 8.22.